The lowest BCUT2D eigenvalue weighted by molar-refractivity contribution is -0.121. The van der Waals surface area contributed by atoms with Crippen molar-refractivity contribution in [2.45, 2.75) is 58.8 Å². The molecule has 0 spiro atoms. The number of Topliss-reactive ketones (excluding diaryl/α,β-unsaturated/α-hetero) is 2. The van der Waals surface area contributed by atoms with Gasteiger partial charge in [0.1, 0.15) is 11.6 Å². The van der Waals surface area contributed by atoms with Crippen molar-refractivity contribution in [1.82, 2.24) is 0 Å². The van der Waals surface area contributed by atoms with Crippen molar-refractivity contribution in [3.63, 3.8) is 0 Å². The van der Waals surface area contributed by atoms with Crippen molar-refractivity contribution >= 4 is 11.6 Å². The highest BCUT2D eigenvalue weighted by molar-refractivity contribution is 5.78. The Bertz CT molecular complexity index is 367. The lowest BCUT2D eigenvalue weighted by Gasteiger charge is -2.07. The smallest absolute Gasteiger partial charge is 0.135 e. The van der Waals surface area contributed by atoms with Gasteiger partial charge in [0.25, 0.3) is 0 Å². The fourth-order valence-corrected chi connectivity index (χ4v) is 2.52. The molecule has 0 aliphatic rings. The Balaban J connectivity index is 3.24. The van der Waals surface area contributed by atoms with Crippen molar-refractivity contribution in [2.24, 2.45) is 0 Å². The van der Waals surface area contributed by atoms with Gasteiger partial charge >= 0.3 is 0 Å². The van der Waals surface area contributed by atoms with Crippen LogP contribution in [0.25, 0.3) is 0 Å². The van der Waals surface area contributed by atoms with Gasteiger partial charge in [0.2, 0.25) is 0 Å². The molecule has 0 bridgehead atoms. The van der Waals surface area contributed by atoms with E-state index in [9.17, 15) is 9.59 Å². The molecule has 0 N–H and O–H groups in total. The first-order chi connectivity index (χ1) is 15.2. The number of carbonyl (C=O) groups is 2. The highest BCUT2D eigenvalue weighted by Gasteiger charge is 2.03. The van der Waals surface area contributed by atoms with E-state index in [0.29, 0.717) is 105 Å². The summed E-state index contributed by atoms with van der Waals surface area (Å²) in [5.74, 6) is 0.373. The molecule has 0 unspecified atom stereocenters. The zero-order valence-corrected chi connectivity index (χ0v) is 19.7. The summed E-state index contributed by atoms with van der Waals surface area (Å²) in [6, 6.07) is 0. The van der Waals surface area contributed by atoms with E-state index >= 15 is 0 Å². The number of carbonyl (C=O) groups excluding carboxylic acids is 2. The van der Waals surface area contributed by atoms with Gasteiger partial charge in [-0.15, -0.1) is 0 Å². The van der Waals surface area contributed by atoms with Crippen LogP contribution >= 0.6 is 0 Å². The number of ether oxygens (including phenoxy) is 6. The van der Waals surface area contributed by atoms with Crippen molar-refractivity contribution in [2.75, 3.05) is 79.3 Å². The SMILES string of the molecule is CCCOCCOCCC(=O)CCCOCCOCCC(=O)CCCOCCOCC. The number of hydrogen-bond acceptors (Lipinski definition) is 8. The Labute approximate surface area is 188 Å². The van der Waals surface area contributed by atoms with Gasteiger partial charge in [0.05, 0.1) is 52.9 Å². The van der Waals surface area contributed by atoms with Crippen LogP contribution in [0.3, 0.4) is 0 Å². The molecule has 0 aromatic heterocycles. The molecule has 0 saturated carbocycles. The third-order valence-corrected chi connectivity index (χ3v) is 4.21. The molecule has 0 heterocycles. The lowest BCUT2D eigenvalue weighted by Crippen LogP contribution is -2.11. The summed E-state index contributed by atoms with van der Waals surface area (Å²) in [6.07, 6.45) is 4.29. The van der Waals surface area contributed by atoms with Crippen LogP contribution in [0, 0.1) is 0 Å². The summed E-state index contributed by atoms with van der Waals surface area (Å²) in [5.41, 5.74) is 0. The van der Waals surface area contributed by atoms with Crippen molar-refractivity contribution < 1.29 is 38.0 Å². The predicted molar refractivity (Wildman–Crippen MR) is 119 cm³/mol. The van der Waals surface area contributed by atoms with Crippen LogP contribution in [0.15, 0.2) is 0 Å². The van der Waals surface area contributed by atoms with Crippen molar-refractivity contribution in [1.29, 1.82) is 0 Å². The molecule has 0 aliphatic heterocycles. The second-order valence-corrected chi connectivity index (χ2v) is 7.04. The molecule has 0 rings (SSSR count). The quantitative estimate of drug-likeness (QED) is 0.187. The molecule has 8 heteroatoms. The van der Waals surface area contributed by atoms with Gasteiger partial charge in [-0.3, -0.25) is 9.59 Å². The van der Waals surface area contributed by atoms with E-state index in [2.05, 4.69) is 6.92 Å². The summed E-state index contributed by atoms with van der Waals surface area (Å²) in [5, 5.41) is 0. The highest BCUT2D eigenvalue weighted by Crippen LogP contribution is 1.99. The number of rotatable bonds is 26. The fourth-order valence-electron chi connectivity index (χ4n) is 2.52. The Hall–Kier alpha value is -0.900. The minimum atomic E-state index is 0.185. The van der Waals surface area contributed by atoms with Crippen LogP contribution in [0.2, 0.25) is 0 Å². The van der Waals surface area contributed by atoms with Gasteiger partial charge in [-0.05, 0) is 26.2 Å². The van der Waals surface area contributed by atoms with E-state index in [1.807, 2.05) is 6.92 Å². The van der Waals surface area contributed by atoms with Gasteiger partial charge in [0.15, 0.2) is 0 Å². The molecule has 0 atom stereocenters. The Morgan fingerprint density at radius 3 is 1.26 bits per heavy atom. The summed E-state index contributed by atoms with van der Waals surface area (Å²) in [6.45, 7) is 10.6. The molecule has 184 valence electrons. The average molecular weight is 449 g/mol. The Morgan fingerprint density at radius 2 is 0.839 bits per heavy atom. The third kappa shape index (κ3) is 25.2. The molecule has 0 aromatic rings. The molecular weight excluding hydrogens is 404 g/mol. The molecule has 0 aromatic carbocycles. The van der Waals surface area contributed by atoms with Gasteiger partial charge in [-0.2, -0.15) is 0 Å². The van der Waals surface area contributed by atoms with Gasteiger partial charge in [-0.1, -0.05) is 6.92 Å². The second kappa shape index (κ2) is 25.4. The monoisotopic (exact) mass is 448 g/mol. The standard InChI is InChI=1S/C23H44O8/c1-3-11-27-18-20-30-14-9-23(25)8-6-13-29-19-21-31-15-10-22(24)7-5-12-28-17-16-26-4-2/h3-21H2,1-2H3. The van der Waals surface area contributed by atoms with E-state index in [1.54, 1.807) is 0 Å². The Morgan fingerprint density at radius 1 is 0.452 bits per heavy atom. The first-order valence-corrected chi connectivity index (χ1v) is 11.7. The normalized spacial score (nSPS) is 11.2. The number of ketones is 2. The number of hydrogen-bond donors (Lipinski definition) is 0. The first kappa shape index (κ1) is 30.1. The van der Waals surface area contributed by atoms with Gasteiger partial charge in [0, 0.05) is 52.1 Å². The zero-order chi connectivity index (χ0) is 22.8. The van der Waals surface area contributed by atoms with Crippen LogP contribution in [0.4, 0.5) is 0 Å². The average Bonchev–Trinajstić information content (AvgIpc) is 2.76. The van der Waals surface area contributed by atoms with Gasteiger partial charge in [-0.25, -0.2) is 0 Å². The van der Waals surface area contributed by atoms with E-state index in [4.69, 9.17) is 28.4 Å². The molecule has 8 nitrogen and oxygen atoms in total. The topological polar surface area (TPSA) is 89.5 Å². The van der Waals surface area contributed by atoms with E-state index in [1.165, 1.54) is 0 Å². The lowest BCUT2D eigenvalue weighted by atomic mass is 10.2. The molecule has 0 aliphatic carbocycles. The molecule has 0 amide bonds. The van der Waals surface area contributed by atoms with E-state index in [-0.39, 0.29) is 11.6 Å². The maximum atomic E-state index is 11.7. The van der Waals surface area contributed by atoms with Crippen molar-refractivity contribution in [3.05, 3.63) is 0 Å². The zero-order valence-electron chi connectivity index (χ0n) is 19.7. The second-order valence-electron chi connectivity index (χ2n) is 7.04. The Kier molecular flexibility index (Phi) is 24.6. The van der Waals surface area contributed by atoms with E-state index in [0.717, 1.165) is 19.4 Å². The van der Waals surface area contributed by atoms with Gasteiger partial charge < -0.3 is 28.4 Å². The highest BCUT2D eigenvalue weighted by atomic mass is 16.5. The predicted octanol–water partition coefficient (Wildman–Crippen LogP) is 2.99. The summed E-state index contributed by atoms with van der Waals surface area (Å²) < 4.78 is 32.1. The molecule has 0 radical (unpaired) electrons. The minimum Gasteiger partial charge on any atom is -0.379 e. The largest absolute Gasteiger partial charge is 0.379 e. The van der Waals surface area contributed by atoms with Crippen LogP contribution in [0.5, 0.6) is 0 Å². The van der Waals surface area contributed by atoms with Crippen LogP contribution in [-0.4, -0.2) is 90.8 Å². The van der Waals surface area contributed by atoms with Crippen LogP contribution in [0.1, 0.15) is 58.8 Å². The fraction of sp³-hybridized carbons (Fsp3) is 0.913. The molecule has 0 fully saturated rings. The van der Waals surface area contributed by atoms with E-state index < -0.39 is 0 Å². The summed E-state index contributed by atoms with van der Waals surface area (Å²) >= 11 is 0. The van der Waals surface area contributed by atoms with Crippen LogP contribution in [-0.2, 0) is 38.0 Å². The van der Waals surface area contributed by atoms with Crippen LogP contribution < -0.4 is 0 Å². The summed E-state index contributed by atoms with van der Waals surface area (Å²) in [7, 11) is 0. The molecule has 31 heavy (non-hydrogen) atoms. The molecular formula is C23H44O8. The summed E-state index contributed by atoms with van der Waals surface area (Å²) in [4.78, 5) is 23.5. The molecule has 0 saturated heterocycles. The minimum absolute atomic E-state index is 0.185. The maximum absolute atomic E-state index is 11.7. The third-order valence-electron chi connectivity index (χ3n) is 4.21. The first-order valence-electron chi connectivity index (χ1n) is 11.7. The maximum Gasteiger partial charge on any atom is 0.135 e. The van der Waals surface area contributed by atoms with Crippen molar-refractivity contribution in [3.8, 4) is 0 Å².